The van der Waals surface area contributed by atoms with Crippen LogP contribution in [-0.4, -0.2) is 23.3 Å². The first-order chi connectivity index (χ1) is 16.1. The van der Waals surface area contributed by atoms with Crippen molar-refractivity contribution >= 4 is 46.1 Å². The maximum absolute atomic E-state index is 12.6. The number of ether oxygens (including phenoxy) is 1. The molecule has 6 nitrogen and oxygen atoms in total. The number of anilines is 1. The zero-order valence-electron chi connectivity index (χ0n) is 17.5. The zero-order chi connectivity index (χ0) is 22.8. The van der Waals surface area contributed by atoms with Crippen LogP contribution < -0.4 is 15.4 Å². The maximum atomic E-state index is 12.6. The van der Waals surface area contributed by atoms with Crippen molar-refractivity contribution in [1.82, 2.24) is 10.3 Å². The molecule has 0 radical (unpaired) electrons. The Kier molecular flexibility index (Phi) is 5.59. The lowest BCUT2D eigenvalue weighted by molar-refractivity contribution is -0.115. The molecule has 1 aliphatic heterocycles. The predicted molar refractivity (Wildman–Crippen MR) is 129 cm³/mol. The van der Waals surface area contributed by atoms with Gasteiger partial charge in [0.2, 0.25) is 0 Å². The van der Waals surface area contributed by atoms with Crippen molar-refractivity contribution < 1.29 is 14.3 Å². The van der Waals surface area contributed by atoms with Crippen molar-refractivity contribution in [2.75, 3.05) is 11.9 Å². The third kappa shape index (κ3) is 4.47. The fourth-order valence-electron chi connectivity index (χ4n) is 3.80. The van der Waals surface area contributed by atoms with Gasteiger partial charge in [-0.05, 0) is 60.0 Å². The van der Waals surface area contributed by atoms with Crippen LogP contribution >= 0.6 is 11.6 Å². The van der Waals surface area contributed by atoms with E-state index in [1.807, 2.05) is 30.5 Å². The average Bonchev–Trinajstić information content (AvgIpc) is 3.22. The Morgan fingerprint density at radius 3 is 2.82 bits per heavy atom. The van der Waals surface area contributed by atoms with Gasteiger partial charge in [0.15, 0.2) is 11.5 Å². The SMILES string of the molecule is O=C1Nc2cc(C(=O)NCCc3c[nH]c4ccccc34)ccc2OC1=Cc1cccc(Cl)c1. The quantitative estimate of drug-likeness (QED) is 0.362. The van der Waals surface area contributed by atoms with Crippen LogP contribution in [0.4, 0.5) is 5.69 Å². The second kappa shape index (κ2) is 8.84. The number of para-hydroxylation sites is 1. The van der Waals surface area contributed by atoms with Crippen LogP contribution in [0.1, 0.15) is 21.5 Å². The third-order valence-electron chi connectivity index (χ3n) is 5.43. The van der Waals surface area contributed by atoms with Gasteiger partial charge in [0.25, 0.3) is 11.8 Å². The number of benzene rings is 3. The lowest BCUT2D eigenvalue weighted by Crippen LogP contribution is -2.27. The lowest BCUT2D eigenvalue weighted by atomic mass is 10.1. The number of carbonyl (C=O) groups excluding carboxylic acids is 2. The number of hydrogen-bond acceptors (Lipinski definition) is 3. The van der Waals surface area contributed by atoms with E-state index >= 15 is 0 Å². The Bertz CT molecular complexity index is 1410. The Labute approximate surface area is 195 Å². The fourth-order valence-corrected chi connectivity index (χ4v) is 4.00. The number of aromatic nitrogens is 1. The summed E-state index contributed by atoms with van der Waals surface area (Å²) in [6.45, 7) is 0.493. The largest absolute Gasteiger partial charge is 0.449 e. The highest BCUT2D eigenvalue weighted by atomic mass is 35.5. The molecule has 2 heterocycles. The van der Waals surface area contributed by atoms with Crippen LogP contribution in [0.3, 0.4) is 0 Å². The molecule has 0 saturated heterocycles. The van der Waals surface area contributed by atoms with Crippen molar-refractivity contribution in [2.24, 2.45) is 0 Å². The predicted octanol–water partition coefficient (Wildman–Crippen LogP) is 5.17. The highest BCUT2D eigenvalue weighted by molar-refractivity contribution is 6.30. The van der Waals surface area contributed by atoms with Crippen LogP contribution in [0.15, 0.2) is 78.7 Å². The topological polar surface area (TPSA) is 83.2 Å². The van der Waals surface area contributed by atoms with E-state index in [1.54, 1.807) is 42.5 Å². The Morgan fingerprint density at radius 2 is 1.94 bits per heavy atom. The first kappa shape index (κ1) is 20.8. The van der Waals surface area contributed by atoms with Crippen LogP contribution in [0.2, 0.25) is 5.02 Å². The molecule has 164 valence electrons. The fraction of sp³-hybridized carbons (Fsp3) is 0.0769. The minimum atomic E-state index is -0.389. The number of rotatable bonds is 5. The zero-order valence-corrected chi connectivity index (χ0v) is 18.3. The van der Waals surface area contributed by atoms with Gasteiger partial charge in [-0.25, -0.2) is 0 Å². The van der Waals surface area contributed by atoms with Crippen molar-refractivity contribution in [2.45, 2.75) is 6.42 Å². The summed E-state index contributed by atoms with van der Waals surface area (Å²) in [6, 6.07) is 20.2. The molecule has 0 fully saturated rings. The number of nitrogens with one attached hydrogen (secondary N) is 3. The van der Waals surface area contributed by atoms with Crippen molar-refractivity contribution in [1.29, 1.82) is 0 Å². The van der Waals surface area contributed by atoms with Crippen LogP contribution in [0, 0.1) is 0 Å². The molecule has 7 heteroatoms. The highest BCUT2D eigenvalue weighted by Gasteiger charge is 2.23. The summed E-state index contributed by atoms with van der Waals surface area (Å²) in [5, 5.41) is 7.45. The smallest absolute Gasteiger partial charge is 0.291 e. The molecule has 5 rings (SSSR count). The van der Waals surface area contributed by atoms with E-state index < -0.39 is 0 Å². The molecule has 0 saturated carbocycles. The van der Waals surface area contributed by atoms with Gasteiger partial charge in [-0.1, -0.05) is 41.9 Å². The number of carbonyl (C=O) groups is 2. The summed E-state index contributed by atoms with van der Waals surface area (Å²) in [5.74, 6) is 0.0189. The van der Waals surface area contributed by atoms with Crippen molar-refractivity contribution in [3.8, 4) is 5.75 Å². The number of halogens is 1. The van der Waals surface area contributed by atoms with Gasteiger partial charge in [0.1, 0.15) is 0 Å². The number of H-pyrrole nitrogens is 1. The minimum Gasteiger partial charge on any atom is -0.449 e. The molecule has 2 amide bonds. The maximum Gasteiger partial charge on any atom is 0.291 e. The summed E-state index contributed by atoms with van der Waals surface area (Å²) in [5.41, 5.74) is 3.87. The van der Waals surface area contributed by atoms with E-state index in [2.05, 4.69) is 21.7 Å². The minimum absolute atomic E-state index is 0.153. The Hall–Kier alpha value is -4.03. The van der Waals surface area contributed by atoms with Gasteiger partial charge in [-0.3, -0.25) is 9.59 Å². The number of hydrogen-bond donors (Lipinski definition) is 3. The highest BCUT2D eigenvalue weighted by Crippen LogP contribution is 2.32. The molecule has 0 unspecified atom stereocenters. The van der Waals surface area contributed by atoms with Gasteiger partial charge in [0.05, 0.1) is 5.69 Å². The summed E-state index contributed by atoms with van der Waals surface area (Å²) >= 11 is 6.01. The van der Waals surface area contributed by atoms with Gasteiger partial charge >= 0.3 is 0 Å². The monoisotopic (exact) mass is 457 g/mol. The molecule has 3 N–H and O–H groups in total. The molecular weight excluding hydrogens is 438 g/mol. The van der Waals surface area contributed by atoms with Crippen LogP contribution in [0.25, 0.3) is 17.0 Å². The molecule has 0 aliphatic carbocycles. The summed E-state index contributed by atoms with van der Waals surface area (Å²) in [6.07, 6.45) is 4.30. The normalized spacial score (nSPS) is 14.0. The van der Waals surface area contributed by atoms with Crippen molar-refractivity contribution in [3.05, 3.63) is 100 Å². The van der Waals surface area contributed by atoms with Crippen LogP contribution in [-0.2, 0) is 11.2 Å². The number of amides is 2. The van der Waals surface area contributed by atoms with Crippen LogP contribution in [0.5, 0.6) is 5.75 Å². The molecule has 0 bridgehead atoms. The average molecular weight is 458 g/mol. The molecule has 3 aromatic carbocycles. The molecule has 0 atom stereocenters. The summed E-state index contributed by atoms with van der Waals surface area (Å²) in [4.78, 5) is 28.4. The Morgan fingerprint density at radius 1 is 1.06 bits per heavy atom. The van der Waals surface area contributed by atoms with E-state index in [0.29, 0.717) is 35.0 Å². The van der Waals surface area contributed by atoms with Crippen molar-refractivity contribution in [3.63, 3.8) is 0 Å². The molecule has 4 aromatic rings. The van der Waals surface area contributed by atoms with E-state index in [9.17, 15) is 9.59 Å². The Balaban J connectivity index is 1.25. The third-order valence-corrected chi connectivity index (χ3v) is 5.67. The van der Waals surface area contributed by atoms with Gasteiger partial charge in [-0.2, -0.15) is 0 Å². The number of fused-ring (bicyclic) bond motifs is 2. The van der Waals surface area contributed by atoms with Gasteiger partial charge in [-0.15, -0.1) is 0 Å². The second-order valence-corrected chi connectivity index (χ2v) is 8.13. The number of aromatic amines is 1. The van der Waals surface area contributed by atoms with E-state index in [-0.39, 0.29) is 17.6 Å². The van der Waals surface area contributed by atoms with Gasteiger partial charge in [0, 0.05) is 34.2 Å². The van der Waals surface area contributed by atoms with Gasteiger partial charge < -0.3 is 20.4 Å². The first-order valence-corrected chi connectivity index (χ1v) is 10.9. The lowest BCUT2D eigenvalue weighted by Gasteiger charge is -2.20. The van der Waals surface area contributed by atoms with E-state index in [4.69, 9.17) is 16.3 Å². The molecule has 33 heavy (non-hydrogen) atoms. The second-order valence-electron chi connectivity index (χ2n) is 7.70. The first-order valence-electron chi connectivity index (χ1n) is 10.5. The molecule has 1 aromatic heterocycles. The molecule has 0 spiro atoms. The summed E-state index contributed by atoms with van der Waals surface area (Å²) in [7, 11) is 0. The molecule has 1 aliphatic rings. The van der Waals surface area contributed by atoms with E-state index in [0.717, 1.165) is 22.0 Å². The summed E-state index contributed by atoms with van der Waals surface area (Å²) < 4.78 is 5.76. The van der Waals surface area contributed by atoms with E-state index in [1.165, 1.54) is 0 Å². The molecular formula is C26H20ClN3O3. The standard InChI is InChI=1S/C26H20ClN3O3/c27-19-5-3-4-16(12-19)13-24-26(32)30-22-14-17(8-9-23(22)33-24)25(31)28-11-10-18-15-29-21-7-2-1-6-20(18)21/h1-9,12-15,29H,10-11H2,(H,28,31)(H,30,32).